The van der Waals surface area contributed by atoms with E-state index >= 15 is 0 Å². The normalized spacial score (nSPS) is 26.7. The third-order valence-corrected chi connectivity index (χ3v) is 5.85. The Bertz CT molecular complexity index is 735. The molecule has 1 aliphatic carbocycles. The average molecular weight is 343 g/mol. The van der Waals surface area contributed by atoms with Crippen LogP contribution in [0.1, 0.15) is 24.8 Å². The monoisotopic (exact) mass is 343 g/mol. The summed E-state index contributed by atoms with van der Waals surface area (Å²) in [5, 5.41) is 8.92. The third-order valence-electron chi connectivity index (χ3n) is 4.45. The second kappa shape index (κ2) is 5.76. The van der Waals surface area contributed by atoms with E-state index in [1.165, 1.54) is 12.1 Å². The molecule has 1 heterocycles. The topological polar surface area (TPSA) is 92.7 Å². The van der Waals surface area contributed by atoms with Crippen molar-refractivity contribution >= 4 is 16.0 Å². The van der Waals surface area contributed by atoms with Crippen LogP contribution in [0.5, 0.6) is 5.75 Å². The molecule has 2 atom stereocenters. The Hall–Kier alpha value is -1.67. The minimum absolute atomic E-state index is 0.0461. The van der Waals surface area contributed by atoms with Crippen molar-refractivity contribution in [1.82, 2.24) is 4.72 Å². The molecule has 126 valence electrons. The molecule has 0 unspecified atom stereocenters. The van der Waals surface area contributed by atoms with Gasteiger partial charge in [-0.1, -0.05) is 0 Å². The molecule has 1 aromatic carbocycles. The maximum Gasteiger partial charge on any atom is 0.306 e. The molecule has 2 aliphatic rings. The number of carboxylic acids is 1. The summed E-state index contributed by atoms with van der Waals surface area (Å²) in [5.74, 6) is -1.11. The first kappa shape index (κ1) is 16.2. The predicted octanol–water partition coefficient (Wildman–Crippen LogP) is 1.49. The van der Waals surface area contributed by atoms with Crippen molar-refractivity contribution in [2.24, 2.45) is 5.92 Å². The molecule has 1 aromatic rings. The smallest absolute Gasteiger partial charge is 0.306 e. The molecule has 0 saturated heterocycles. The number of halogens is 1. The van der Waals surface area contributed by atoms with Crippen molar-refractivity contribution in [3.05, 3.63) is 23.8 Å². The van der Waals surface area contributed by atoms with E-state index < -0.39 is 34.1 Å². The van der Waals surface area contributed by atoms with Crippen molar-refractivity contribution < 1.29 is 27.4 Å². The van der Waals surface area contributed by atoms with E-state index in [1.54, 1.807) is 6.07 Å². The van der Waals surface area contributed by atoms with Crippen LogP contribution in [-0.2, 0) is 21.2 Å². The van der Waals surface area contributed by atoms with Gasteiger partial charge in [0.2, 0.25) is 10.0 Å². The molecule has 1 aliphatic heterocycles. The van der Waals surface area contributed by atoms with Crippen molar-refractivity contribution in [2.75, 3.05) is 13.2 Å². The zero-order valence-electron chi connectivity index (χ0n) is 12.4. The van der Waals surface area contributed by atoms with Crippen molar-refractivity contribution in [1.29, 1.82) is 0 Å². The van der Waals surface area contributed by atoms with Gasteiger partial charge in [0.25, 0.3) is 0 Å². The number of nitrogens with one attached hydrogen (secondary N) is 1. The minimum atomic E-state index is -3.84. The summed E-state index contributed by atoms with van der Waals surface area (Å²) in [6.45, 7) is 0.114. The molecule has 0 radical (unpaired) electrons. The second-order valence-electron chi connectivity index (χ2n) is 6.12. The number of carboxylic acid groups (broad SMARTS) is 1. The van der Waals surface area contributed by atoms with Crippen LogP contribution in [0.25, 0.3) is 0 Å². The highest BCUT2D eigenvalue weighted by Crippen LogP contribution is 2.37. The molecule has 3 rings (SSSR count). The van der Waals surface area contributed by atoms with E-state index in [9.17, 15) is 17.6 Å². The Kier molecular flexibility index (Phi) is 4.05. The van der Waals surface area contributed by atoms with Crippen LogP contribution in [0.4, 0.5) is 4.39 Å². The molecule has 6 nitrogen and oxygen atoms in total. The highest BCUT2D eigenvalue weighted by Gasteiger charge is 2.43. The summed E-state index contributed by atoms with van der Waals surface area (Å²) < 4.78 is 46.8. The van der Waals surface area contributed by atoms with E-state index in [0.717, 1.165) is 5.56 Å². The van der Waals surface area contributed by atoms with Crippen LogP contribution in [-0.4, -0.2) is 38.3 Å². The summed E-state index contributed by atoms with van der Waals surface area (Å²) in [7, 11) is -3.84. The molecule has 0 bridgehead atoms. The SMILES string of the molecule is O=C(O)[C@@H]1CC[C@@](F)(CNS(=O)(=O)c2ccc3c(c2)CCO3)C1. The molecule has 0 amide bonds. The van der Waals surface area contributed by atoms with Gasteiger partial charge in [-0.05, 0) is 43.0 Å². The molecule has 23 heavy (non-hydrogen) atoms. The fourth-order valence-corrected chi connectivity index (χ4v) is 4.25. The van der Waals surface area contributed by atoms with E-state index in [0.29, 0.717) is 18.8 Å². The first-order chi connectivity index (χ1) is 10.8. The minimum Gasteiger partial charge on any atom is -0.493 e. The first-order valence-electron chi connectivity index (χ1n) is 7.46. The maximum absolute atomic E-state index is 14.6. The standard InChI is InChI=1S/C15H18FNO5S/c16-15(5-3-11(8-15)14(18)19)9-17-23(20,21)12-1-2-13-10(7-12)4-6-22-13/h1-2,7,11,17H,3-6,8-9H2,(H,18,19)/t11-,15+/m1/s1. The second-order valence-corrected chi connectivity index (χ2v) is 7.89. The number of alkyl halides is 1. The Balaban J connectivity index is 1.69. The third kappa shape index (κ3) is 3.32. The number of ether oxygens (including phenoxy) is 1. The number of carbonyl (C=O) groups is 1. The van der Waals surface area contributed by atoms with Crippen molar-refractivity contribution in [2.45, 2.75) is 36.2 Å². The number of aliphatic carboxylic acids is 1. The predicted molar refractivity (Wildman–Crippen MR) is 79.6 cm³/mol. The molecule has 2 N–H and O–H groups in total. The van der Waals surface area contributed by atoms with Crippen LogP contribution < -0.4 is 9.46 Å². The van der Waals surface area contributed by atoms with E-state index in [4.69, 9.17) is 9.84 Å². The largest absolute Gasteiger partial charge is 0.493 e. The van der Waals surface area contributed by atoms with Gasteiger partial charge in [0.15, 0.2) is 0 Å². The molecule has 8 heteroatoms. The summed E-state index contributed by atoms with van der Waals surface area (Å²) in [6.07, 6.45) is 0.753. The number of rotatable bonds is 5. The summed E-state index contributed by atoms with van der Waals surface area (Å²) >= 11 is 0. The molecule has 0 aromatic heterocycles. The number of hydrogen-bond donors (Lipinski definition) is 2. The fourth-order valence-electron chi connectivity index (χ4n) is 3.09. The Labute approximate surface area is 133 Å². The van der Waals surface area contributed by atoms with Crippen LogP contribution in [0.15, 0.2) is 23.1 Å². The lowest BCUT2D eigenvalue weighted by Crippen LogP contribution is -2.38. The van der Waals surface area contributed by atoms with Gasteiger partial charge in [0, 0.05) is 13.0 Å². The van der Waals surface area contributed by atoms with E-state index in [2.05, 4.69) is 4.72 Å². The van der Waals surface area contributed by atoms with Crippen LogP contribution in [0, 0.1) is 5.92 Å². The van der Waals surface area contributed by atoms with Gasteiger partial charge >= 0.3 is 5.97 Å². The van der Waals surface area contributed by atoms with Gasteiger partial charge < -0.3 is 9.84 Å². The summed E-state index contributed by atoms with van der Waals surface area (Å²) in [6, 6.07) is 4.55. The van der Waals surface area contributed by atoms with Crippen molar-refractivity contribution in [3.8, 4) is 5.75 Å². The van der Waals surface area contributed by atoms with Crippen LogP contribution in [0.3, 0.4) is 0 Å². The van der Waals surface area contributed by atoms with Crippen molar-refractivity contribution in [3.63, 3.8) is 0 Å². The highest BCUT2D eigenvalue weighted by molar-refractivity contribution is 7.89. The molecule has 0 spiro atoms. The lowest BCUT2D eigenvalue weighted by Gasteiger charge is -2.20. The first-order valence-corrected chi connectivity index (χ1v) is 8.95. The average Bonchev–Trinajstić information content (AvgIpc) is 3.11. The Morgan fingerprint density at radius 2 is 2.26 bits per heavy atom. The van der Waals surface area contributed by atoms with Gasteiger partial charge in [-0.3, -0.25) is 4.79 Å². The zero-order chi connectivity index (χ0) is 16.7. The maximum atomic E-state index is 14.6. The number of sulfonamides is 1. The van der Waals surface area contributed by atoms with Gasteiger partial charge in [-0.15, -0.1) is 0 Å². The van der Waals surface area contributed by atoms with Crippen LogP contribution in [0.2, 0.25) is 0 Å². The Morgan fingerprint density at radius 1 is 1.48 bits per heavy atom. The molecular formula is C15H18FNO5S. The lowest BCUT2D eigenvalue weighted by molar-refractivity contribution is -0.141. The Morgan fingerprint density at radius 3 is 2.96 bits per heavy atom. The van der Waals surface area contributed by atoms with E-state index in [1.807, 2.05) is 0 Å². The molecular weight excluding hydrogens is 325 g/mol. The zero-order valence-corrected chi connectivity index (χ0v) is 13.2. The summed E-state index contributed by atoms with van der Waals surface area (Å²) in [4.78, 5) is 11.0. The number of fused-ring (bicyclic) bond motifs is 1. The fraction of sp³-hybridized carbons (Fsp3) is 0.533. The summed E-state index contributed by atoms with van der Waals surface area (Å²) in [5.41, 5.74) is -0.995. The van der Waals surface area contributed by atoms with Gasteiger partial charge in [0.05, 0.1) is 17.4 Å². The number of hydrogen-bond acceptors (Lipinski definition) is 4. The highest BCUT2D eigenvalue weighted by atomic mass is 32.2. The van der Waals surface area contributed by atoms with Gasteiger partial charge in [-0.25, -0.2) is 17.5 Å². The van der Waals surface area contributed by atoms with Gasteiger partial charge in [0.1, 0.15) is 11.4 Å². The van der Waals surface area contributed by atoms with Gasteiger partial charge in [-0.2, -0.15) is 0 Å². The van der Waals surface area contributed by atoms with Crippen LogP contribution >= 0.6 is 0 Å². The number of benzene rings is 1. The quantitative estimate of drug-likeness (QED) is 0.845. The molecule has 1 fully saturated rings. The van der Waals surface area contributed by atoms with E-state index in [-0.39, 0.29) is 24.2 Å². The lowest BCUT2D eigenvalue weighted by atomic mass is 10.0. The molecule has 1 saturated carbocycles.